The van der Waals surface area contributed by atoms with Crippen molar-refractivity contribution in [3.05, 3.63) is 65.7 Å². The Morgan fingerprint density at radius 2 is 1.52 bits per heavy atom. The molecule has 2 aromatic carbocycles. The standard InChI is InChI=1S/C31H45NO7S/c1-23(2)20-32(40(36,37)28-15-13-25(5)14-16-28)21-29(33)27(18-26-10-7-6-8-11-26)19-31(35)38-17-9-12-30(34)39-22-24(3)4/h6-8,10-11,13-16,23-24,27,29,33H,9,12,17-22H2,1-5H3. The van der Waals surface area contributed by atoms with Gasteiger partial charge in [-0.1, -0.05) is 75.7 Å². The third kappa shape index (κ3) is 11.8. The highest BCUT2D eigenvalue weighted by Gasteiger charge is 2.31. The van der Waals surface area contributed by atoms with E-state index in [1.165, 1.54) is 4.31 Å². The van der Waals surface area contributed by atoms with Crippen LogP contribution in [0.5, 0.6) is 0 Å². The number of aliphatic hydroxyl groups excluding tert-OH is 1. The molecule has 40 heavy (non-hydrogen) atoms. The summed E-state index contributed by atoms with van der Waals surface area (Å²) in [5, 5.41) is 11.3. The molecule has 0 aromatic heterocycles. The predicted octanol–water partition coefficient (Wildman–Crippen LogP) is 4.77. The fourth-order valence-corrected chi connectivity index (χ4v) is 5.78. The van der Waals surface area contributed by atoms with E-state index in [9.17, 15) is 23.1 Å². The molecule has 0 heterocycles. The summed E-state index contributed by atoms with van der Waals surface area (Å²) in [6, 6.07) is 16.1. The summed E-state index contributed by atoms with van der Waals surface area (Å²) in [7, 11) is -3.87. The van der Waals surface area contributed by atoms with Crippen LogP contribution in [0.2, 0.25) is 0 Å². The lowest BCUT2D eigenvalue weighted by Gasteiger charge is -2.30. The summed E-state index contributed by atoms with van der Waals surface area (Å²) in [6.45, 7) is 10.1. The summed E-state index contributed by atoms with van der Waals surface area (Å²) < 4.78 is 38.8. The lowest BCUT2D eigenvalue weighted by atomic mass is 9.91. The molecule has 2 aromatic rings. The van der Waals surface area contributed by atoms with Gasteiger partial charge in [-0.05, 0) is 49.3 Å². The van der Waals surface area contributed by atoms with E-state index in [-0.39, 0.29) is 55.2 Å². The first kappa shape index (κ1) is 33.5. The zero-order valence-corrected chi connectivity index (χ0v) is 25.2. The number of esters is 2. The molecule has 0 saturated carbocycles. The lowest BCUT2D eigenvalue weighted by Crippen LogP contribution is -2.43. The van der Waals surface area contributed by atoms with Gasteiger partial charge in [-0.2, -0.15) is 4.31 Å². The van der Waals surface area contributed by atoms with Crippen LogP contribution in [0.3, 0.4) is 0 Å². The molecule has 222 valence electrons. The Bertz CT molecular complexity index is 1150. The van der Waals surface area contributed by atoms with Gasteiger partial charge in [0.2, 0.25) is 10.0 Å². The molecule has 8 nitrogen and oxygen atoms in total. The van der Waals surface area contributed by atoms with Crippen LogP contribution in [0.25, 0.3) is 0 Å². The molecule has 2 rings (SSSR count). The highest BCUT2D eigenvalue weighted by Crippen LogP contribution is 2.23. The zero-order valence-electron chi connectivity index (χ0n) is 24.4. The second kappa shape index (κ2) is 16.5. The van der Waals surface area contributed by atoms with Crippen molar-refractivity contribution in [3.8, 4) is 0 Å². The van der Waals surface area contributed by atoms with Gasteiger partial charge >= 0.3 is 11.9 Å². The van der Waals surface area contributed by atoms with E-state index in [1.807, 2.05) is 65.0 Å². The molecule has 1 N–H and O–H groups in total. The first-order valence-corrected chi connectivity index (χ1v) is 15.4. The molecular weight excluding hydrogens is 530 g/mol. The van der Waals surface area contributed by atoms with E-state index in [4.69, 9.17) is 9.47 Å². The first-order chi connectivity index (χ1) is 18.9. The van der Waals surface area contributed by atoms with Crippen molar-refractivity contribution < 1.29 is 32.6 Å². The maximum absolute atomic E-state index is 13.5. The van der Waals surface area contributed by atoms with E-state index in [0.717, 1.165) is 11.1 Å². The number of benzene rings is 2. The molecule has 0 bridgehead atoms. The largest absolute Gasteiger partial charge is 0.466 e. The molecule has 0 aliphatic carbocycles. The maximum Gasteiger partial charge on any atom is 0.306 e. The van der Waals surface area contributed by atoms with Crippen molar-refractivity contribution in [1.29, 1.82) is 0 Å². The van der Waals surface area contributed by atoms with Crippen molar-refractivity contribution in [2.45, 2.75) is 71.3 Å². The molecule has 0 aliphatic rings. The second-order valence-electron chi connectivity index (χ2n) is 11.2. The van der Waals surface area contributed by atoms with E-state index in [1.54, 1.807) is 24.3 Å². The van der Waals surface area contributed by atoms with Crippen molar-refractivity contribution in [3.63, 3.8) is 0 Å². The Balaban J connectivity index is 2.11. The summed E-state index contributed by atoms with van der Waals surface area (Å²) in [5.41, 5.74) is 1.87. The van der Waals surface area contributed by atoms with Crippen molar-refractivity contribution in [2.75, 3.05) is 26.3 Å². The molecule has 2 unspecified atom stereocenters. The molecule has 0 saturated heterocycles. The normalized spacial score (nSPS) is 13.4. The lowest BCUT2D eigenvalue weighted by molar-refractivity contribution is -0.149. The minimum absolute atomic E-state index is 0.0252. The number of aryl methyl sites for hydroxylation is 1. The number of hydrogen-bond acceptors (Lipinski definition) is 7. The van der Waals surface area contributed by atoms with Crippen LogP contribution in [-0.4, -0.2) is 62.2 Å². The topological polar surface area (TPSA) is 110 Å². The molecule has 0 spiro atoms. The molecule has 2 atom stereocenters. The smallest absolute Gasteiger partial charge is 0.306 e. The predicted molar refractivity (Wildman–Crippen MR) is 155 cm³/mol. The van der Waals surface area contributed by atoms with Gasteiger partial charge < -0.3 is 14.6 Å². The number of sulfonamides is 1. The number of carbonyl (C=O) groups is 2. The van der Waals surface area contributed by atoms with Crippen LogP contribution in [0, 0.1) is 24.7 Å². The van der Waals surface area contributed by atoms with Gasteiger partial charge in [0, 0.05) is 25.4 Å². The van der Waals surface area contributed by atoms with Crippen LogP contribution in [0.4, 0.5) is 0 Å². The van der Waals surface area contributed by atoms with Gasteiger partial charge in [-0.15, -0.1) is 0 Å². The zero-order chi connectivity index (χ0) is 29.7. The quantitative estimate of drug-likeness (QED) is 0.214. The van der Waals surface area contributed by atoms with Crippen LogP contribution < -0.4 is 0 Å². The van der Waals surface area contributed by atoms with Crippen LogP contribution >= 0.6 is 0 Å². The fraction of sp³-hybridized carbons (Fsp3) is 0.548. The van der Waals surface area contributed by atoms with Crippen LogP contribution in [-0.2, 0) is 35.5 Å². The van der Waals surface area contributed by atoms with Gasteiger partial charge in [0.1, 0.15) is 0 Å². The van der Waals surface area contributed by atoms with Gasteiger partial charge in [0.15, 0.2) is 0 Å². The van der Waals surface area contributed by atoms with Crippen LogP contribution in [0.15, 0.2) is 59.5 Å². The minimum atomic E-state index is -3.87. The third-order valence-corrected chi connectivity index (χ3v) is 8.14. The van der Waals surface area contributed by atoms with Gasteiger partial charge in [0.25, 0.3) is 0 Å². The fourth-order valence-electron chi connectivity index (χ4n) is 4.16. The Labute approximate surface area is 239 Å². The average Bonchev–Trinajstić information content (AvgIpc) is 2.89. The summed E-state index contributed by atoms with van der Waals surface area (Å²) in [6.07, 6.45) is -0.340. The average molecular weight is 576 g/mol. The molecule has 0 radical (unpaired) electrons. The van der Waals surface area contributed by atoms with Gasteiger partial charge in [0.05, 0.1) is 30.6 Å². The molecule has 0 fully saturated rings. The van der Waals surface area contributed by atoms with Crippen molar-refractivity contribution >= 4 is 22.0 Å². The van der Waals surface area contributed by atoms with Crippen molar-refractivity contribution in [1.82, 2.24) is 4.31 Å². The SMILES string of the molecule is Cc1ccc(S(=O)(=O)N(CC(C)C)CC(O)C(CC(=O)OCCCC(=O)OCC(C)C)Cc2ccccc2)cc1. The molecule has 0 aliphatic heterocycles. The molecular formula is C31H45NO7S. The monoisotopic (exact) mass is 575 g/mol. The number of rotatable bonds is 17. The Kier molecular flexibility index (Phi) is 13.8. The van der Waals surface area contributed by atoms with Gasteiger partial charge in [-0.25, -0.2) is 8.42 Å². The van der Waals surface area contributed by atoms with Crippen LogP contribution in [0.1, 0.15) is 58.1 Å². The first-order valence-electron chi connectivity index (χ1n) is 14.0. The summed E-state index contributed by atoms with van der Waals surface area (Å²) in [5.74, 6) is -1.14. The highest BCUT2D eigenvalue weighted by molar-refractivity contribution is 7.89. The number of hydrogen-bond donors (Lipinski definition) is 1. The minimum Gasteiger partial charge on any atom is -0.466 e. The number of ether oxygens (including phenoxy) is 2. The maximum atomic E-state index is 13.5. The van der Waals surface area contributed by atoms with E-state index in [0.29, 0.717) is 19.4 Å². The van der Waals surface area contributed by atoms with E-state index >= 15 is 0 Å². The highest BCUT2D eigenvalue weighted by atomic mass is 32.2. The summed E-state index contributed by atoms with van der Waals surface area (Å²) in [4.78, 5) is 24.7. The number of aliphatic hydroxyl groups is 1. The second-order valence-corrected chi connectivity index (χ2v) is 13.1. The number of nitrogens with zero attached hydrogens (tertiary/aromatic N) is 1. The molecule has 9 heteroatoms. The number of carbonyl (C=O) groups excluding carboxylic acids is 2. The Hall–Kier alpha value is -2.75. The Morgan fingerprint density at radius 3 is 2.12 bits per heavy atom. The Morgan fingerprint density at radius 1 is 0.875 bits per heavy atom. The van der Waals surface area contributed by atoms with Gasteiger partial charge in [-0.3, -0.25) is 9.59 Å². The van der Waals surface area contributed by atoms with E-state index < -0.39 is 28.0 Å². The summed E-state index contributed by atoms with van der Waals surface area (Å²) >= 11 is 0. The molecule has 0 amide bonds. The van der Waals surface area contributed by atoms with E-state index in [2.05, 4.69) is 0 Å². The third-order valence-electron chi connectivity index (χ3n) is 6.30. The van der Waals surface area contributed by atoms with Crippen molar-refractivity contribution in [2.24, 2.45) is 17.8 Å².